The van der Waals surface area contributed by atoms with Crippen molar-refractivity contribution < 1.29 is 9.53 Å². The molecule has 0 heterocycles. The van der Waals surface area contributed by atoms with E-state index in [1.807, 2.05) is 14.0 Å². The van der Waals surface area contributed by atoms with Gasteiger partial charge in [0.05, 0.1) is 0 Å². The van der Waals surface area contributed by atoms with Crippen molar-refractivity contribution in [2.45, 2.75) is 19.8 Å². The van der Waals surface area contributed by atoms with Gasteiger partial charge in [-0.3, -0.25) is 4.79 Å². The van der Waals surface area contributed by atoms with E-state index in [4.69, 9.17) is 4.74 Å². The third-order valence-electron chi connectivity index (χ3n) is 1.27. The molecular weight excluding hydrogens is 142 g/mol. The zero-order valence-electron chi connectivity index (χ0n) is 7.35. The molecule has 0 radical (unpaired) electrons. The fraction of sp³-hybridized carbons (Fsp3) is 0.875. The summed E-state index contributed by atoms with van der Waals surface area (Å²) in [5.74, 6) is 0.174. The van der Waals surface area contributed by atoms with Gasteiger partial charge in [-0.05, 0) is 13.5 Å². The lowest BCUT2D eigenvalue weighted by Gasteiger charge is -2.00. The molecule has 11 heavy (non-hydrogen) atoms. The summed E-state index contributed by atoms with van der Waals surface area (Å²) < 4.78 is 5.06. The molecular formula is C8H17NO2. The minimum Gasteiger partial charge on any atom is -0.374 e. The largest absolute Gasteiger partial charge is 0.374 e. The highest BCUT2D eigenvalue weighted by atomic mass is 16.5. The van der Waals surface area contributed by atoms with E-state index in [1.165, 1.54) is 0 Å². The van der Waals surface area contributed by atoms with Gasteiger partial charge in [0, 0.05) is 19.6 Å². The van der Waals surface area contributed by atoms with Gasteiger partial charge in [0.25, 0.3) is 0 Å². The maximum Gasteiger partial charge on any atom is 0.159 e. The van der Waals surface area contributed by atoms with Crippen LogP contribution in [0.15, 0.2) is 0 Å². The van der Waals surface area contributed by atoms with Crippen molar-refractivity contribution in [2.75, 3.05) is 26.8 Å². The van der Waals surface area contributed by atoms with Gasteiger partial charge in [-0.1, -0.05) is 6.92 Å². The first-order valence-corrected chi connectivity index (χ1v) is 4.05. The van der Waals surface area contributed by atoms with Crippen molar-refractivity contribution in [1.29, 1.82) is 0 Å². The molecule has 0 aliphatic rings. The average molecular weight is 159 g/mol. The molecule has 0 spiro atoms. The van der Waals surface area contributed by atoms with Gasteiger partial charge in [0.15, 0.2) is 5.78 Å². The van der Waals surface area contributed by atoms with Gasteiger partial charge in [-0.2, -0.15) is 0 Å². The number of nitrogens with one attached hydrogen (secondary N) is 1. The Morgan fingerprint density at radius 3 is 2.82 bits per heavy atom. The van der Waals surface area contributed by atoms with E-state index in [0.29, 0.717) is 13.0 Å². The van der Waals surface area contributed by atoms with Gasteiger partial charge in [0.1, 0.15) is 6.61 Å². The lowest BCUT2D eigenvalue weighted by Crippen LogP contribution is -2.16. The Bertz CT molecular complexity index is 104. The quantitative estimate of drug-likeness (QED) is 0.552. The normalized spacial score (nSPS) is 10.0. The Kier molecular flexibility index (Phi) is 7.41. The van der Waals surface area contributed by atoms with E-state index in [-0.39, 0.29) is 12.4 Å². The number of hydrogen-bond acceptors (Lipinski definition) is 3. The molecule has 0 saturated heterocycles. The standard InChI is InChI=1S/C8H17NO2/c1-3-6-11-7-8(10)4-5-9-2/h9H,3-7H2,1-2H3. The van der Waals surface area contributed by atoms with Crippen molar-refractivity contribution in [1.82, 2.24) is 5.32 Å². The van der Waals surface area contributed by atoms with Crippen LogP contribution in [-0.4, -0.2) is 32.6 Å². The summed E-state index contributed by atoms with van der Waals surface area (Å²) in [5.41, 5.74) is 0. The Morgan fingerprint density at radius 1 is 1.55 bits per heavy atom. The molecule has 0 aliphatic carbocycles. The van der Waals surface area contributed by atoms with Crippen LogP contribution in [0.1, 0.15) is 19.8 Å². The van der Waals surface area contributed by atoms with Crippen LogP contribution in [0.4, 0.5) is 0 Å². The van der Waals surface area contributed by atoms with Crippen LogP contribution in [0, 0.1) is 0 Å². The van der Waals surface area contributed by atoms with E-state index in [2.05, 4.69) is 5.32 Å². The summed E-state index contributed by atoms with van der Waals surface area (Å²) in [5, 5.41) is 2.91. The molecule has 0 fully saturated rings. The second-order valence-electron chi connectivity index (χ2n) is 2.44. The zero-order chi connectivity index (χ0) is 8.53. The number of rotatable bonds is 7. The van der Waals surface area contributed by atoms with Gasteiger partial charge in [-0.25, -0.2) is 0 Å². The van der Waals surface area contributed by atoms with Crippen molar-refractivity contribution in [2.24, 2.45) is 0 Å². The third-order valence-corrected chi connectivity index (χ3v) is 1.27. The Morgan fingerprint density at radius 2 is 2.27 bits per heavy atom. The van der Waals surface area contributed by atoms with Crippen molar-refractivity contribution in [3.8, 4) is 0 Å². The molecule has 0 aromatic heterocycles. The number of hydrogen-bond donors (Lipinski definition) is 1. The van der Waals surface area contributed by atoms with Crippen molar-refractivity contribution in [3.63, 3.8) is 0 Å². The minimum absolute atomic E-state index is 0.174. The number of Topliss-reactive ketones (excluding diaryl/α,β-unsaturated/α-hetero) is 1. The predicted molar refractivity (Wildman–Crippen MR) is 44.7 cm³/mol. The third kappa shape index (κ3) is 7.49. The zero-order valence-corrected chi connectivity index (χ0v) is 7.35. The Hall–Kier alpha value is -0.410. The molecule has 0 atom stereocenters. The van der Waals surface area contributed by atoms with Crippen LogP contribution in [-0.2, 0) is 9.53 Å². The summed E-state index contributed by atoms with van der Waals surface area (Å²) >= 11 is 0. The van der Waals surface area contributed by atoms with Crippen molar-refractivity contribution >= 4 is 5.78 Å². The van der Waals surface area contributed by atoms with Gasteiger partial charge in [-0.15, -0.1) is 0 Å². The van der Waals surface area contributed by atoms with E-state index < -0.39 is 0 Å². The van der Waals surface area contributed by atoms with E-state index in [0.717, 1.165) is 13.0 Å². The van der Waals surface area contributed by atoms with Gasteiger partial charge in [0.2, 0.25) is 0 Å². The van der Waals surface area contributed by atoms with Crippen LogP contribution >= 0.6 is 0 Å². The molecule has 0 aromatic rings. The molecule has 0 rings (SSSR count). The monoisotopic (exact) mass is 159 g/mol. The van der Waals surface area contributed by atoms with Crippen LogP contribution < -0.4 is 5.32 Å². The van der Waals surface area contributed by atoms with Crippen LogP contribution in [0.25, 0.3) is 0 Å². The summed E-state index contributed by atoms with van der Waals surface area (Å²) in [6, 6.07) is 0. The SMILES string of the molecule is CCCOCC(=O)CCNC. The number of ketones is 1. The number of ether oxygens (including phenoxy) is 1. The molecule has 0 saturated carbocycles. The van der Waals surface area contributed by atoms with Gasteiger partial charge >= 0.3 is 0 Å². The first-order valence-electron chi connectivity index (χ1n) is 4.05. The minimum atomic E-state index is 0.174. The van der Waals surface area contributed by atoms with E-state index in [1.54, 1.807) is 0 Å². The maximum absolute atomic E-state index is 10.9. The maximum atomic E-state index is 10.9. The topological polar surface area (TPSA) is 38.3 Å². The molecule has 0 bridgehead atoms. The highest BCUT2D eigenvalue weighted by Gasteiger charge is 1.99. The fourth-order valence-electron chi connectivity index (χ4n) is 0.667. The first kappa shape index (κ1) is 10.6. The molecule has 3 heteroatoms. The van der Waals surface area contributed by atoms with Crippen LogP contribution in [0.3, 0.4) is 0 Å². The summed E-state index contributed by atoms with van der Waals surface area (Å²) in [6.45, 7) is 3.73. The molecule has 1 N–H and O–H groups in total. The lowest BCUT2D eigenvalue weighted by atomic mass is 10.3. The van der Waals surface area contributed by atoms with E-state index in [9.17, 15) is 4.79 Å². The summed E-state index contributed by atoms with van der Waals surface area (Å²) in [7, 11) is 1.83. The second kappa shape index (κ2) is 7.69. The Labute approximate surface area is 68.1 Å². The molecule has 66 valence electrons. The van der Waals surface area contributed by atoms with Crippen molar-refractivity contribution in [3.05, 3.63) is 0 Å². The molecule has 0 unspecified atom stereocenters. The van der Waals surface area contributed by atoms with Crippen LogP contribution in [0.2, 0.25) is 0 Å². The molecule has 3 nitrogen and oxygen atoms in total. The summed E-state index contributed by atoms with van der Waals surface area (Å²) in [4.78, 5) is 10.9. The second-order valence-corrected chi connectivity index (χ2v) is 2.44. The molecule has 0 amide bonds. The average Bonchev–Trinajstić information content (AvgIpc) is 2.01. The fourth-order valence-corrected chi connectivity index (χ4v) is 0.667. The van der Waals surface area contributed by atoms with Gasteiger partial charge < -0.3 is 10.1 Å². The Balaban J connectivity index is 3.09. The summed E-state index contributed by atoms with van der Waals surface area (Å²) in [6.07, 6.45) is 1.54. The smallest absolute Gasteiger partial charge is 0.159 e. The van der Waals surface area contributed by atoms with E-state index >= 15 is 0 Å². The highest BCUT2D eigenvalue weighted by Crippen LogP contribution is 1.85. The molecule has 0 aromatic carbocycles. The number of carbonyl (C=O) groups is 1. The predicted octanol–water partition coefficient (Wildman–Crippen LogP) is 0.592. The number of carbonyl (C=O) groups excluding carboxylic acids is 1. The first-order chi connectivity index (χ1) is 5.31. The lowest BCUT2D eigenvalue weighted by molar-refractivity contribution is -0.123. The molecule has 0 aliphatic heterocycles. The highest BCUT2D eigenvalue weighted by molar-refractivity contribution is 5.79. The van der Waals surface area contributed by atoms with Crippen LogP contribution in [0.5, 0.6) is 0 Å².